The number of nitrogens with zero attached hydrogens (tertiary/aromatic N) is 3. The molecule has 0 saturated carbocycles. The maximum Gasteiger partial charge on any atom is 0.253 e. The van der Waals surface area contributed by atoms with E-state index in [0.717, 1.165) is 10.8 Å². The van der Waals surface area contributed by atoms with Crippen molar-refractivity contribution in [1.29, 1.82) is 0 Å². The topological polar surface area (TPSA) is 59.8 Å². The van der Waals surface area contributed by atoms with Crippen LogP contribution in [0, 0.1) is 5.82 Å². The Morgan fingerprint density at radius 2 is 2.00 bits per heavy atom. The van der Waals surface area contributed by atoms with Crippen molar-refractivity contribution in [3.8, 4) is 5.69 Å². The van der Waals surface area contributed by atoms with E-state index in [1.165, 1.54) is 12.4 Å². The molecule has 2 heterocycles. The van der Waals surface area contributed by atoms with Crippen LogP contribution in [-0.2, 0) is 6.54 Å². The molecule has 1 amide bonds. The Kier molecular flexibility index (Phi) is 4.15. The van der Waals surface area contributed by atoms with Gasteiger partial charge < -0.3 is 9.88 Å². The van der Waals surface area contributed by atoms with E-state index < -0.39 is 0 Å². The molecule has 0 unspecified atom stereocenters. The molecular weight excluding hydrogens is 331 g/mol. The average Bonchev–Trinajstić information content (AvgIpc) is 3.20. The van der Waals surface area contributed by atoms with E-state index in [9.17, 15) is 9.18 Å². The summed E-state index contributed by atoms with van der Waals surface area (Å²) in [6.45, 7) is 0.225. The van der Waals surface area contributed by atoms with Gasteiger partial charge in [0.05, 0.1) is 17.6 Å². The molecule has 4 rings (SSSR count). The molecule has 0 spiro atoms. The highest BCUT2D eigenvalue weighted by atomic mass is 19.1. The van der Waals surface area contributed by atoms with Crippen molar-refractivity contribution in [3.63, 3.8) is 0 Å². The lowest BCUT2D eigenvalue weighted by Gasteiger charge is -2.09. The first-order chi connectivity index (χ1) is 12.7. The van der Waals surface area contributed by atoms with Crippen LogP contribution in [0.15, 0.2) is 73.6 Å². The van der Waals surface area contributed by atoms with E-state index in [0.29, 0.717) is 16.8 Å². The van der Waals surface area contributed by atoms with Crippen molar-refractivity contribution in [1.82, 2.24) is 19.9 Å². The number of fused-ring (bicyclic) bond motifs is 1. The van der Waals surface area contributed by atoms with E-state index in [2.05, 4.69) is 15.3 Å². The number of rotatable bonds is 4. The van der Waals surface area contributed by atoms with E-state index in [4.69, 9.17) is 0 Å². The summed E-state index contributed by atoms with van der Waals surface area (Å²) in [5.41, 5.74) is 1.59. The van der Waals surface area contributed by atoms with Gasteiger partial charge in [-0.3, -0.25) is 9.78 Å². The van der Waals surface area contributed by atoms with Crippen molar-refractivity contribution in [2.24, 2.45) is 0 Å². The van der Waals surface area contributed by atoms with Crippen LogP contribution in [0.2, 0.25) is 0 Å². The molecular formula is C20H15FN4O. The van der Waals surface area contributed by atoms with Gasteiger partial charge in [0.15, 0.2) is 0 Å². The number of aromatic nitrogens is 3. The minimum Gasteiger partial charge on any atom is -0.348 e. The first-order valence-electron chi connectivity index (χ1n) is 8.10. The molecule has 4 aromatic rings. The van der Waals surface area contributed by atoms with Crippen molar-refractivity contribution < 1.29 is 9.18 Å². The van der Waals surface area contributed by atoms with Gasteiger partial charge in [0.25, 0.3) is 5.91 Å². The largest absolute Gasteiger partial charge is 0.348 e. The molecule has 2 aromatic carbocycles. The summed E-state index contributed by atoms with van der Waals surface area (Å²) in [6.07, 6.45) is 8.06. The fraction of sp³-hybridized carbons (Fsp3) is 0.0500. The third-order valence-corrected chi connectivity index (χ3v) is 4.16. The SMILES string of the molecule is O=C(NCc1ccc(-n2ccnc2)c(F)c1)c1cncc2ccccc12. The van der Waals surface area contributed by atoms with Crippen LogP contribution in [-0.4, -0.2) is 20.4 Å². The third-order valence-electron chi connectivity index (χ3n) is 4.16. The number of carbonyl (C=O) groups is 1. The first-order valence-corrected chi connectivity index (χ1v) is 8.10. The number of carbonyl (C=O) groups excluding carboxylic acids is 1. The van der Waals surface area contributed by atoms with E-state index in [1.807, 2.05) is 24.3 Å². The number of hydrogen-bond acceptors (Lipinski definition) is 3. The smallest absolute Gasteiger partial charge is 0.253 e. The Balaban J connectivity index is 1.52. The highest BCUT2D eigenvalue weighted by Gasteiger charge is 2.11. The molecule has 0 fully saturated rings. The van der Waals surface area contributed by atoms with Crippen molar-refractivity contribution in [3.05, 3.63) is 90.5 Å². The molecule has 0 bridgehead atoms. The summed E-state index contributed by atoms with van der Waals surface area (Å²) in [5, 5.41) is 4.56. The highest BCUT2D eigenvalue weighted by Crippen LogP contribution is 2.18. The second kappa shape index (κ2) is 6.76. The number of benzene rings is 2. The van der Waals surface area contributed by atoms with Crippen LogP contribution < -0.4 is 5.32 Å². The van der Waals surface area contributed by atoms with Gasteiger partial charge in [-0.1, -0.05) is 30.3 Å². The molecule has 2 aromatic heterocycles. The quantitative estimate of drug-likeness (QED) is 0.615. The lowest BCUT2D eigenvalue weighted by atomic mass is 10.1. The summed E-state index contributed by atoms with van der Waals surface area (Å²) in [7, 11) is 0. The van der Waals surface area contributed by atoms with Crippen molar-refractivity contribution in [2.75, 3.05) is 0 Å². The van der Waals surface area contributed by atoms with Crippen molar-refractivity contribution in [2.45, 2.75) is 6.54 Å². The molecule has 0 radical (unpaired) electrons. The van der Waals surface area contributed by atoms with Gasteiger partial charge in [-0.25, -0.2) is 9.37 Å². The highest BCUT2D eigenvalue weighted by molar-refractivity contribution is 6.06. The van der Waals surface area contributed by atoms with Gasteiger partial charge in [0, 0.05) is 36.7 Å². The normalized spacial score (nSPS) is 10.8. The Hall–Kier alpha value is -3.54. The Bertz CT molecular complexity index is 1070. The lowest BCUT2D eigenvalue weighted by Crippen LogP contribution is -2.23. The molecule has 0 saturated heterocycles. The van der Waals surface area contributed by atoms with Crippen LogP contribution in [0.5, 0.6) is 0 Å². The zero-order chi connectivity index (χ0) is 17.9. The van der Waals surface area contributed by atoms with Gasteiger partial charge in [0.2, 0.25) is 0 Å². The minimum atomic E-state index is -0.374. The predicted octanol–water partition coefficient (Wildman–Crippen LogP) is 3.49. The number of imidazole rings is 1. The maximum atomic E-state index is 14.3. The predicted molar refractivity (Wildman–Crippen MR) is 96.4 cm³/mol. The summed E-state index contributed by atoms with van der Waals surface area (Å²) >= 11 is 0. The van der Waals surface area contributed by atoms with Gasteiger partial charge in [-0.2, -0.15) is 0 Å². The van der Waals surface area contributed by atoms with Crippen LogP contribution in [0.4, 0.5) is 4.39 Å². The minimum absolute atomic E-state index is 0.225. The van der Waals surface area contributed by atoms with Crippen molar-refractivity contribution >= 4 is 16.7 Å². The van der Waals surface area contributed by atoms with Gasteiger partial charge in [0.1, 0.15) is 5.82 Å². The molecule has 128 valence electrons. The van der Waals surface area contributed by atoms with E-state index in [-0.39, 0.29) is 18.3 Å². The fourth-order valence-corrected chi connectivity index (χ4v) is 2.85. The van der Waals surface area contributed by atoms with Gasteiger partial charge >= 0.3 is 0 Å². The van der Waals surface area contributed by atoms with Crippen LogP contribution >= 0.6 is 0 Å². The van der Waals surface area contributed by atoms with Gasteiger partial charge in [-0.15, -0.1) is 0 Å². The Morgan fingerprint density at radius 1 is 1.12 bits per heavy atom. The molecule has 5 nitrogen and oxygen atoms in total. The molecule has 26 heavy (non-hydrogen) atoms. The number of amides is 1. The summed E-state index contributed by atoms with van der Waals surface area (Å²) in [5.74, 6) is -0.616. The third kappa shape index (κ3) is 3.04. The molecule has 0 aliphatic carbocycles. The zero-order valence-electron chi connectivity index (χ0n) is 13.8. The van der Waals surface area contributed by atoms with Crippen LogP contribution in [0.1, 0.15) is 15.9 Å². The summed E-state index contributed by atoms with van der Waals surface area (Å²) in [6, 6.07) is 12.4. The second-order valence-corrected chi connectivity index (χ2v) is 5.85. The number of hydrogen-bond donors (Lipinski definition) is 1. The molecule has 6 heteroatoms. The molecule has 1 N–H and O–H groups in total. The zero-order valence-corrected chi connectivity index (χ0v) is 13.8. The van der Waals surface area contributed by atoms with Gasteiger partial charge in [-0.05, 0) is 23.1 Å². The van der Waals surface area contributed by atoms with Crippen LogP contribution in [0.25, 0.3) is 16.5 Å². The van der Waals surface area contributed by atoms with E-state index >= 15 is 0 Å². The first kappa shape index (κ1) is 16.0. The fourth-order valence-electron chi connectivity index (χ4n) is 2.85. The van der Waals surface area contributed by atoms with E-state index in [1.54, 1.807) is 41.5 Å². The number of nitrogens with one attached hydrogen (secondary N) is 1. The molecule has 0 atom stereocenters. The lowest BCUT2D eigenvalue weighted by molar-refractivity contribution is 0.0952. The summed E-state index contributed by atoms with van der Waals surface area (Å²) < 4.78 is 15.9. The standard InChI is InChI=1S/C20H15FN4O/c21-18-9-14(5-6-19(18)25-8-7-22-13-25)10-24-20(26)17-12-23-11-15-3-1-2-4-16(15)17/h1-9,11-13H,10H2,(H,24,26). The second-order valence-electron chi connectivity index (χ2n) is 5.85. The summed E-state index contributed by atoms with van der Waals surface area (Å²) in [4.78, 5) is 20.5. The monoisotopic (exact) mass is 346 g/mol. The Labute approximate surface area is 149 Å². The maximum absolute atomic E-state index is 14.3. The molecule has 0 aliphatic heterocycles. The average molecular weight is 346 g/mol. The number of pyridine rings is 1. The van der Waals surface area contributed by atoms with Crippen LogP contribution in [0.3, 0.4) is 0 Å². The number of halogens is 1. The molecule has 0 aliphatic rings. The Morgan fingerprint density at radius 3 is 2.81 bits per heavy atom.